The number of hydrogen-bond acceptors (Lipinski definition) is 6. The van der Waals surface area contributed by atoms with E-state index < -0.39 is 10.0 Å². The van der Waals surface area contributed by atoms with Crippen LogP contribution in [-0.2, 0) is 21.2 Å². The van der Waals surface area contributed by atoms with Gasteiger partial charge in [-0.3, -0.25) is 9.52 Å². The standard InChI is InChI=1S/C25H26N4O4S/c1-15(2)18-5-10-23-22(12-18)19(14-33-23)13-25(30)28-20-6-8-21(9-7-20)34(31,32)29-24-11-16(3)26-17(4)27-24/h5-12,14-15H,13H2,1-4H3,(H,28,30)(H,26,27,29). The lowest BCUT2D eigenvalue weighted by Crippen LogP contribution is -2.16. The van der Waals surface area contributed by atoms with E-state index in [0.717, 1.165) is 16.5 Å². The molecule has 9 heteroatoms. The smallest absolute Gasteiger partial charge is 0.263 e. The molecule has 34 heavy (non-hydrogen) atoms. The molecule has 176 valence electrons. The van der Waals surface area contributed by atoms with Gasteiger partial charge in [0.05, 0.1) is 17.6 Å². The maximum atomic E-state index is 12.7. The Morgan fingerprint density at radius 3 is 2.44 bits per heavy atom. The van der Waals surface area contributed by atoms with Crippen molar-refractivity contribution in [3.63, 3.8) is 0 Å². The number of carbonyl (C=O) groups is 1. The Morgan fingerprint density at radius 2 is 1.76 bits per heavy atom. The van der Waals surface area contributed by atoms with Crippen molar-refractivity contribution < 1.29 is 17.6 Å². The van der Waals surface area contributed by atoms with Gasteiger partial charge in [0.1, 0.15) is 17.2 Å². The van der Waals surface area contributed by atoms with E-state index in [1.165, 1.54) is 17.7 Å². The number of nitrogens with one attached hydrogen (secondary N) is 2. The molecule has 0 aliphatic heterocycles. The molecule has 0 fully saturated rings. The largest absolute Gasteiger partial charge is 0.464 e. The summed E-state index contributed by atoms with van der Waals surface area (Å²) in [5.74, 6) is 0.822. The summed E-state index contributed by atoms with van der Waals surface area (Å²) in [5.41, 5.74) is 3.87. The van der Waals surface area contributed by atoms with E-state index in [0.29, 0.717) is 23.1 Å². The van der Waals surface area contributed by atoms with Gasteiger partial charge in [-0.15, -0.1) is 0 Å². The highest BCUT2D eigenvalue weighted by Gasteiger charge is 2.16. The van der Waals surface area contributed by atoms with Gasteiger partial charge in [0.15, 0.2) is 0 Å². The third-order valence-electron chi connectivity index (χ3n) is 5.35. The molecule has 0 atom stereocenters. The van der Waals surface area contributed by atoms with Crippen molar-refractivity contribution in [2.45, 2.75) is 44.9 Å². The van der Waals surface area contributed by atoms with Crippen molar-refractivity contribution >= 4 is 38.4 Å². The molecule has 4 aromatic rings. The molecule has 2 aromatic carbocycles. The minimum absolute atomic E-state index is 0.0569. The summed E-state index contributed by atoms with van der Waals surface area (Å²) < 4.78 is 33.4. The Kier molecular flexibility index (Phi) is 6.39. The number of fused-ring (bicyclic) bond motifs is 1. The normalized spacial score (nSPS) is 11.7. The number of aryl methyl sites for hydroxylation is 2. The predicted molar refractivity (Wildman–Crippen MR) is 131 cm³/mol. The van der Waals surface area contributed by atoms with Gasteiger partial charge in [-0.1, -0.05) is 19.9 Å². The average molecular weight is 479 g/mol. The summed E-state index contributed by atoms with van der Waals surface area (Å²) in [5, 5.41) is 3.73. The average Bonchev–Trinajstić information content (AvgIpc) is 3.15. The van der Waals surface area contributed by atoms with Crippen molar-refractivity contribution in [1.82, 2.24) is 9.97 Å². The van der Waals surface area contributed by atoms with Crippen molar-refractivity contribution in [3.05, 3.63) is 77.4 Å². The number of hydrogen-bond donors (Lipinski definition) is 2. The Bertz CT molecular complexity index is 1440. The zero-order valence-corrected chi connectivity index (χ0v) is 20.2. The van der Waals surface area contributed by atoms with Crippen LogP contribution in [0.2, 0.25) is 0 Å². The number of nitrogens with zero attached hydrogens (tertiary/aromatic N) is 2. The summed E-state index contributed by atoms with van der Waals surface area (Å²) in [6, 6.07) is 13.5. The van der Waals surface area contributed by atoms with Crippen LogP contribution in [0.3, 0.4) is 0 Å². The highest BCUT2D eigenvalue weighted by Crippen LogP contribution is 2.26. The maximum absolute atomic E-state index is 12.7. The molecular formula is C25H26N4O4S. The van der Waals surface area contributed by atoms with Gasteiger partial charge in [0.2, 0.25) is 5.91 Å². The highest BCUT2D eigenvalue weighted by atomic mass is 32.2. The molecule has 0 saturated carbocycles. The van der Waals surface area contributed by atoms with Crippen LogP contribution in [-0.4, -0.2) is 24.3 Å². The molecule has 0 saturated heterocycles. The van der Waals surface area contributed by atoms with Crippen LogP contribution in [0.5, 0.6) is 0 Å². The van der Waals surface area contributed by atoms with Crippen molar-refractivity contribution in [2.24, 2.45) is 0 Å². The number of carbonyl (C=O) groups excluding carboxylic acids is 1. The number of sulfonamides is 1. The number of furan rings is 1. The molecule has 2 N–H and O–H groups in total. The quantitative estimate of drug-likeness (QED) is 0.389. The molecule has 1 amide bonds. The van der Waals surface area contributed by atoms with Gasteiger partial charge < -0.3 is 9.73 Å². The van der Waals surface area contributed by atoms with E-state index in [1.807, 2.05) is 12.1 Å². The Morgan fingerprint density at radius 1 is 1.03 bits per heavy atom. The number of aromatic nitrogens is 2. The minimum Gasteiger partial charge on any atom is -0.464 e. The molecule has 8 nitrogen and oxygen atoms in total. The SMILES string of the molecule is Cc1cc(NS(=O)(=O)c2ccc(NC(=O)Cc3coc4ccc(C(C)C)cc34)cc2)nc(C)n1. The van der Waals surface area contributed by atoms with E-state index >= 15 is 0 Å². The second kappa shape index (κ2) is 9.26. The molecule has 0 radical (unpaired) electrons. The topological polar surface area (TPSA) is 114 Å². The Hall–Kier alpha value is -3.72. The molecule has 2 heterocycles. The fourth-order valence-corrected chi connectivity index (χ4v) is 4.65. The van der Waals surface area contributed by atoms with Gasteiger partial charge in [-0.05, 0) is 61.7 Å². The monoisotopic (exact) mass is 478 g/mol. The second-order valence-corrected chi connectivity index (χ2v) is 10.2. The summed E-state index contributed by atoms with van der Waals surface area (Å²) >= 11 is 0. The van der Waals surface area contributed by atoms with E-state index in [9.17, 15) is 13.2 Å². The zero-order chi connectivity index (χ0) is 24.5. The number of anilines is 2. The third kappa shape index (κ3) is 5.26. The maximum Gasteiger partial charge on any atom is 0.263 e. The van der Waals surface area contributed by atoms with Crippen LogP contribution in [0.15, 0.2) is 64.1 Å². The lowest BCUT2D eigenvalue weighted by atomic mass is 10.00. The molecule has 0 aliphatic rings. The molecule has 0 aliphatic carbocycles. The minimum atomic E-state index is -3.83. The van der Waals surface area contributed by atoms with Crippen LogP contribution in [0.1, 0.15) is 42.4 Å². The predicted octanol–water partition coefficient (Wildman–Crippen LogP) is 4.95. The van der Waals surface area contributed by atoms with Crippen LogP contribution >= 0.6 is 0 Å². The van der Waals surface area contributed by atoms with Crippen molar-refractivity contribution in [2.75, 3.05) is 10.0 Å². The van der Waals surface area contributed by atoms with E-state index in [2.05, 4.69) is 39.9 Å². The van der Waals surface area contributed by atoms with E-state index in [1.54, 1.807) is 38.3 Å². The first-order chi connectivity index (χ1) is 16.1. The number of amides is 1. The summed E-state index contributed by atoms with van der Waals surface area (Å²) in [6.45, 7) is 7.68. The van der Waals surface area contributed by atoms with Crippen molar-refractivity contribution in [3.8, 4) is 0 Å². The Labute approximate surface area is 198 Å². The first kappa shape index (κ1) is 23.4. The lowest BCUT2D eigenvalue weighted by molar-refractivity contribution is -0.115. The van der Waals surface area contributed by atoms with Crippen molar-refractivity contribution in [1.29, 1.82) is 0 Å². The van der Waals surface area contributed by atoms with Gasteiger partial charge in [-0.25, -0.2) is 18.4 Å². The first-order valence-corrected chi connectivity index (χ1v) is 12.3. The molecule has 0 unspecified atom stereocenters. The van der Waals surface area contributed by atoms with Crippen LogP contribution in [0.4, 0.5) is 11.5 Å². The first-order valence-electron chi connectivity index (χ1n) is 10.9. The summed E-state index contributed by atoms with van der Waals surface area (Å²) in [4.78, 5) is 20.9. The third-order valence-corrected chi connectivity index (χ3v) is 6.72. The summed E-state index contributed by atoms with van der Waals surface area (Å²) in [6.07, 6.45) is 1.74. The second-order valence-electron chi connectivity index (χ2n) is 8.47. The lowest BCUT2D eigenvalue weighted by Gasteiger charge is -2.10. The Balaban J connectivity index is 1.45. The van der Waals surface area contributed by atoms with Crippen LogP contribution in [0, 0.1) is 13.8 Å². The summed E-state index contributed by atoms with van der Waals surface area (Å²) in [7, 11) is -3.83. The van der Waals surface area contributed by atoms with Gasteiger partial charge in [-0.2, -0.15) is 0 Å². The van der Waals surface area contributed by atoms with Gasteiger partial charge in [0.25, 0.3) is 10.0 Å². The molecule has 0 bridgehead atoms. The molecule has 4 rings (SSSR count). The van der Waals surface area contributed by atoms with Crippen LogP contribution in [0.25, 0.3) is 11.0 Å². The fraction of sp³-hybridized carbons (Fsp3) is 0.240. The van der Waals surface area contributed by atoms with Gasteiger partial charge in [0, 0.05) is 28.4 Å². The highest BCUT2D eigenvalue weighted by molar-refractivity contribution is 7.92. The van der Waals surface area contributed by atoms with E-state index in [4.69, 9.17) is 4.42 Å². The number of benzene rings is 2. The molecule has 2 aromatic heterocycles. The molecular weight excluding hydrogens is 452 g/mol. The molecule has 0 spiro atoms. The zero-order valence-electron chi connectivity index (χ0n) is 19.4. The van der Waals surface area contributed by atoms with Gasteiger partial charge >= 0.3 is 0 Å². The van der Waals surface area contributed by atoms with Crippen LogP contribution < -0.4 is 10.0 Å². The van der Waals surface area contributed by atoms with E-state index in [-0.39, 0.29) is 23.0 Å². The fourth-order valence-electron chi connectivity index (χ4n) is 3.66. The number of rotatable bonds is 7.